The molecule has 0 saturated carbocycles. The molecule has 2 rings (SSSR count). The van der Waals surface area contributed by atoms with E-state index in [1.807, 2.05) is 11.8 Å². The highest BCUT2D eigenvalue weighted by molar-refractivity contribution is 7.98. The Bertz CT molecular complexity index is 754. The van der Waals surface area contributed by atoms with Crippen molar-refractivity contribution >= 4 is 23.5 Å². The summed E-state index contributed by atoms with van der Waals surface area (Å²) >= 11 is 1.42. The number of carbonyl (C=O) groups excluding carboxylic acids is 1. The largest absolute Gasteiger partial charge is 0.389 e. The lowest BCUT2D eigenvalue weighted by atomic mass is 10.3. The standard InChI is InChI=1S/C19H30F3N5O3S/c1-2-11-30-12-4-16(18(23)29)31-26-9-7-25(8-10-26)15-13-17(28)27(24-14-15)6-3-5-19(20,21)22/h13-14,16H,2-12H2,1H3,(H2,23,29). The first-order valence-electron chi connectivity index (χ1n) is 10.4. The van der Waals surface area contributed by atoms with E-state index in [-0.39, 0.29) is 24.1 Å². The molecule has 1 unspecified atom stereocenters. The topological polar surface area (TPSA) is 93.7 Å². The molecule has 12 heteroatoms. The summed E-state index contributed by atoms with van der Waals surface area (Å²) in [5, 5.41) is 3.66. The quantitative estimate of drug-likeness (QED) is 0.373. The number of nitrogens with two attached hydrogens (primary N) is 1. The van der Waals surface area contributed by atoms with Crippen LogP contribution in [0.5, 0.6) is 0 Å². The van der Waals surface area contributed by atoms with E-state index in [1.165, 1.54) is 24.2 Å². The van der Waals surface area contributed by atoms with Crippen LogP contribution < -0.4 is 16.2 Å². The van der Waals surface area contributed by atoms with Gasteiger partial charge in [-0.3, -0.25) is 9.59 Å². The molecule has 1 aromatic rings. The van der Waals surface area contributed by atoms with Gasteiger partial charge >= 0.3 is 6.18 Å². The Morgan fingerprint density at radius 2 is 2.00 bits per heavy atom. The Kier molecular flexibility index (Phi) is 10.1. The number of aryl methyl sites for hydroxylation is 1. The number of piperazine rings is 1. The molecule has 0 radical (unpaired) electrons. The van der Waals surface area contributed by atoms with Gasteiger partial charge in [0.1, 0.15) is 5.25 Å². The Morgan fingerprint density at radius 1 is 1.29 bits per heavy atom. The number of ether oxygens (including phenoxy) is 1. The highest BCUT2D eigenvalue weighted by Gasteiger charge is 2.27. The monoisotopic (exact) mass is 465 g/mol. The van der Waals surface area contributed by atoms with Gasteiger partial charge in [0.25, 0.3) is 5.56 Å². The first-order valence-corrected chi connectivity index (χ1v) is 11.2. The molecule has 1 amide bonds. The van der Waals surface area contributed by atoms with E-state index in [0.29, 0.717) is 51.5 Å². The number of hydrogen-bond donors (Lipinski definition) is 1. The fraction of sp³-hybridized carbons (Fsp3) is 0.737. The lowest BCUT2D eigenvalue weighted by Gasteiger charge is -2.36. The lowest BCUT2D eigenvalue weighted by Crippen LogP contribution is -2.45. The van der Waals surface area contributed by atoms with Gasteiger partial charge in [-0.05, 0) is 19.3 Å². The number of halogens is 3. The second-order valence-corrected chi connectivity index (χ2v) is 8.60. The Morgan fingerprint density at radius 3 is 2.58 bits per heavy atom. The van der Waals surface area contributed by atoms with Crippen molar-refractivity contribution in [1.29, 1.82) is 0 Å². The van der Waals surface area contributed by atoms with Crippen LogP contribution in [0.25, 0.3) is 0 Å². The number of carbonyl (C=O) groups is 1. The van der Waals surface area contributed by atoms with Gasteiger partial charge in [-0.2, -0.15) is 18.3 Å². The number of aromatic nitrogens is 2. The number of rotatable bonds is 12. The van der Waals surface area contributed by atoms with E-state index >= 15 is 0 Å². The first kappa shape index (κ1) is 25.5. The third kappa shape index (κ3) is 9.08. The van der Waals surface area contributed by atoms with Gasteiger partial charge in [-0.25, -0.2) is 8.99 Å². The van der Waals surface area contributed by atoms with Crippen LogP contribution in [0.4, 0.5) is 18.9 Å². The molecule has 1 atom stereocenters. The van der Waals surface area contributed by atoms with Gasteiger partial charge in [-0.15, -0.1) is 0 Å². The predicted octanol–water partition coefficient (Wildman–Crippen LogP) is 2.03. The third-order valence-corrected chi connectivity index (χ3v) is 6.14. The molecule has 0 bridgehead atoms. The van der Waals surface area contributed by atoms with E-state index in [0.717, 1.165) is 11.1 Å². The van der Waals surface area contributed by atoms with Crippen molar-refractivity contribution in [2.24, 2.45) is 5.73 Å². The second kappa shape index (κ2) is 12.3. The first-order chi connectivity index (χ1) is 14.7. The number of alkyl halides is 3. The molecule has 1 aliphatic heterocycles. The maximum Gasteiger partial charge on any atom is 0.389 e. The summed E-state index contributed by atoms with van der Waals surface area (Å²) < 4.78 is 45.4. The van der Waals surface area contributed by atoms with Crippen molar-refractivity contribution in [2.75, 3.05) is 44.3 Å². The minimum Gasteiger partial charge on any atom is -0.381 e. The van der Waals surface area contributed by atoms with Crippen LogP contribution >= 0.6 is 11.9 Å². The molecule has 176 valence electrons. The van der Waals surface area contributed by atoms with Crippen molar-refractivity contribution < 1.29 is 22.7 Å². The van der Waals surface area contributed by atoms with Crippen LogP contribution in [0.15, 0.2) is 17.1 Å². The number of nitrogens with zero attached hydrogens (tertiary/aromatic N) is 4. The maximum atomic E-state index is 12.3. The third-order valence-electron chi connectivity index (χ3n) is 4.76. The van der Waals surface area contributed by atoms with Crippen molar-refractivity contribution in [3.63, 3.8) is 0 Å². The normalized spacial score (nSPS) is 16.5. The van der Waals surface area contributed by atoms with Crippen LogP contribution in [0.2, 0.25) is 0 Å². The lowest BCUT2D eigenvalue weighted by molar-refractivity contribution is -0.136. The van der Waals surface area contributed by atoms with Crippen LogP contribution in [-0.4, -0.2) is 70.8 Å². The van der Waals surface area contributed by atoms with Crippen molar-refractivity contribution in [1.82, 2.24) is 14.1 Å². The Hall–Kier alpha value is -1.79. The Labute approximate surface area is 184 Å². The molecule has 1 saturated heterocycles. The molecule has 1 aliphatic rings. The second-order valence-electron chi connectivity index (χ2n) is 7.31. The number of hydrogen-bond acceptors (Lipinski definition) is 7. The van der Waals surface area contributed by atoms with Crippen LogP contribution in [0.1, 0.15) is 32.6 Å². The molecule has 1 fully saturated rings. The molecule has 0 spiro atoms. The predicted molar refractivity (Wildman–Crippen MR) is 114 cm³/mol. The fourth-order valence-corrected chi connectivity index (χ4v) is 4.15. The zero-order valence-corrected chi connectivity index (χ0v) is 18.5. The molecule has 0 aromatic carbocycles. The van der Waals surface area contributed by atoms with E-state index in [9.17, 15) is 22.8 Å². The van der Waals surface area contributed by atoms with Gasteiger partial charge in [0.05, 0.1) is 11.9 Å². The van der Waals surface area contributed by atoms with Crippen LogP contribution in [0, 0.1) is 0 Å². The molecule has 2 N–H and O–H groups in total. The number of anilines is 1. The number of primary amides is 1. The summed E-state index contributed by atoms with van der Waals surface area (Å²) in [4.78, 5) is 25.9. The van der Waals surface area contributed by atoms with Crippen molar-refractivity contribution in [3.05, 3.63) is 22.6 Å². The fourth-order valence-electron chi connectivity index (χ4n) is 3.11. The molecule has 8 nitrogen and oxygen atoms in total. The summed E-state index contributed by atoms with van der Waals surface area (Å²) in [5.74, 6) is -0.370. The molecule has 31 heavy (non-hydrogen) atoms. The summed E-state index contributed by atoms with van der Waals surface area (Å²) in [5.41, 5.74) is 5.74. The van der Waals surface area contributed by atoms with Crippen molar-refractivity contribution in [2.45, 2.75) is 50.6 Å². The van der Waals surface area contributed by atoms with Gasteiger partial charge < -0.3 is 15.4 Å². The van der Waals surface area contributed by atoms with E-state index in [1.54, 1.807) is 0 Å². The minimum absolute atomic E-state index is 0.0699. The van der Waals surface area contributed by atoms with Gasteiger partial charge in [0.2, 0.25) is 5.91 Å². The minimum atomic E-state index is -4.24. The molecular formula is C19H30F3N5O3S. The molecule has 2 heterocycles. The SMILES string of the molecule is CCCOCCC(SN1CCN(c2cnn(CCCC(F)(F)F)c(=O)c2)CC1)C(N)=O. The van der Waals surface area contributed by atoms with Crippen molar-refractivity contribution in [3.8, 4) is 0 Å². The summed E-state index contributed by atoms with van der Waals surface area (Å²) in [6, 6.07) is 1.40. The van der Waals surface area contributed by atoms with Gasteiger partial charge in [0, 0.05) is 58.4 Å². The smallest absolute Gasteiger partial charge is 0.381 e. The molecule has 1 aromatic heterocycles. The highest BCUT2D eigenvalue weighted by atomic mass is 32.2. The van der Waals surface area contributed by atoms with Crippen LogP contribution in [-0.2, 0) is 16.1 Å². The summed E-state index contributed by atoms with van der Waals surface area (Å²) in [6.45, 7) is 5.68. The van der Waals surface area contributed by atoms with E-state index in [4.69, 9.17) is 10.5 Å². The number of amides is 1. The van der Waals surface area contributed by atoms with Crippen LogP contribution in [0.3, 0.4) is 0 Å². The zero-order valence-electron chi connectivity index (χ0n) is 17.6. The van der Waals surface area contributed by atoms with Gasteiger partial charge in [0.15, 0.2) is 0 Å². The van der Waals surface area contributed by atoms with Gasteiger partial charge in [-0.1, -0.05) is 18.9 Å². The molecule has 0 aliphatic carbocycles. The average Bonchev–Trinajstić information content (AvgIpc) is 2.71. The average molecular weight is 466 g/mol. The summed E-state index contributed by atoms with van der Waals surface area (Å²) in [6.07, 6.45) is -2.39. The maximum absolute atomic E-state index is 12.3. The molecular weight excluding hydrogens is 435 g/mol. The Balaban J connectivity index is 1.82. The summed E-state index contributed by atoms with van der Waals surface area (Å²) in [7, 11) is 0. The van der Waals surface area contributed by atoms with E-state index in [2.05, 4.69) is 9.40 Å². The highest BCUT2D eigenvalue weighted by Crippen LogP contribution is 2.24. The zero-order chi connectivity index (χ0) is 22.9. The van der Waals surface area contributed by atoms with E-state index < -0.39 is 18.2 Å².